The van der Waals surface area contributed by atoms with Crippen LogP contribution in [0.2, 0.25) is 0 Å². The van der Waals surface area contributed by atoms with Crippen molar-refractivity contribution in [1.29, 1.82) is 0 Å². The predicted octanol–water partition coefficient (Wildman–Crippen LogP) is 1.97. The summed E-state index contributed by atoms with van der Waals surface area (Å²) in [5, 5.41) is 27.5. The van der Waals surface area contributed by atoms with E-state index < -0.39 is 53.8 Å². The molecule has 4 atom stereocenters. The molecule has 11 heteroatoms. The molecular formula is C34H38N4O7. The number of benzene rings is 3. The number of aromatic hydroxyl groups is 1. The van der Waals surface area contributed by atoms with Crippen LogP contribution < -0.4 is 16.0 Å². The smallest absolute Gasteiger partial charge is 0.326 e. The number of carboxylic acid groups (broad SMARTS) is 1. The van der Waals surface area contributed by atoms with Crippen LogP contribution in [0.3, 0.4) is 0 Å². The van der Waals surface area contributed by atoms with Gasteiger partial charge in [-0.2, -0.15) is 0 Å². The first kappa shape index (κ1) is 32.7. The molecule has 11 nitrogen and oxygen atoms in total. The SMILES string of the molecule is CC(=O)NC(Cc1ccc(O)cc1)C(=O)N1CCCC1C(=O)NC(Cc1ccccc1)C(=O)NC(Cc1ccccc1)C(=O)O. The second kappa shape index (κ2) is 15.5. The number of hydrogen-bond acceptors (Lipinski definition) is 6. The minimum atomic E-state index is -1.22. The molecule has 5 N–H and O–H groups in total. The van der Waals surface area contributed by atoms with Crippen LogP contribution in [0.5, 0.6) is 5.75 Å². The molecule has 236 valence electrons. The molecule has 1 saturated heterocycles. The molecule has 4 amide bonds. The monoisotopic (exact) mass is 614 g/mol. The van der Waals surface area contributed by atoms with Crippen molar-refractivity contribution in [2.75, 3.05) is 6.54 Å². The number of carboxylic acids is 1. The molecule has 1 aliphatic rings. The number of amides is 4. The summed E-state index contributed by atoms with van der Waals surface area (Å²) in [7, 11) is 0. The van der Waals surface area contributed by atoms with Crippen LogP contribution in [-0.2, 0) is 43.2 Å². The van der Waals surface area contributed by atoms with E-state index >= 15 is 0 Å². The maximum atomic E-state index is 13.7. The molecule has 4 unspecified atom stereocenters. The standard InChI is InChI=1S/C34H38N4O7/c1-22(39)35-28(20-25-14-16-26(40)17-15-25)33(43)38-18-8-13-30(38)32(42)36-27(19-23-9-4-2-5-10-23)31(41)37-29(34(44)45)21-24-11-6-3-7-12-24/h2-7,9-12,14-17,27-30,40H,8,13,18-21H2,1H3,(H,35,39)(H,36,42)(H,37,41)(H,44,45). The van der Waals surface area contributed by atoms with Gasteiger partial charge >= 0.3 is 5.97 Å². The van der Waals surface area contributed by atoms with Crippen LogP contribution in [0.4, 0.5) is 0 Å². The highest BCUT2D eigenvalue weighted by molar-refractivity contribution is 5.95. The van der Waals surface area contributed by atoms with Gasteiger partial charge in [-0.05, 0) is 41.7 Å². The van der Waals surface area contributed by atoms with E-state index in [-0.39, 0.29) is 31.6 Å². The van der Waals surface area contributed by atoms with Gasteiger partial charge in [-0.3, -0.25) is 19.2 Å². The molecule has 0 saturated carbocycles. The van der Waals surface area contributed by atoms with Gasteiger partial charge in [-0.25, -0.2) is 4.79 Å². The number of carbonyl (C=O) groups excluding carboxylic acids is 4. The first-order valence-corrected chi connectivity index (χ1v) is 14.9. The fourth-order valence-corrected chi connectivity index (χ4v) is 5.47. The van der Waals surface area contributed by atoms with E-state index in [1.54, 1.807) is 60.7 Å². The molecule has 1 fully saturated rings. The third-order valence-electron chi connectivity index (χ3n) is 7.70. The molecule has 0 radical (unpaired) electrons. The fourth-order valence-electron chi connectivity index (χ4n) is 5.47. The van der Waals surface area contributed by atoms with E-state index in [9.17, 15) is 34.2 Å². The summed E-state index contributed by atoms with van der Waals surface area (Å²) in [5.41, 5.74) is 2.20. The Morgan fingerprint density at radius 2 is 1.27 bits per heavy atom. The van der Waals surface area contributed by atoms with Crippen LogP contribution in [0.1, 0.15) is 36.5 Å². The van der Waals surface area contributed by atoms with Gasteiger partial charge < -0.3 is 31.1 Å². The molecule has 1 aliphatic heterocycles. The van der Waals surface area contributed by atoms with Crippen molar-refractivity contribution in [3.63, 3.8) is 0 Å². The Labute approximate surface area is 261 Å². The molecule has 3 aromatic rings. The Bertz CT molecular complexity index is 1480. The van der Waals surface area contributed by atoms with Crippen LogP contribution in [-0.4, -0.2) is 75.4 Å². The van der Waals surface area contributed by atoms with Gasteiger partial charge in [0.05, 0.1) is 0 Å². The van der Waals surface area contributed by atoms with E-state index in [1.165, 1.54) is 24.0 Å². The zero-order chi connectivity index (χ0) is 32.3. The fraction of sp³-hybridized carbons (Fsp3) is 0.324. The van der Waals surface area contributed by atoms with Crippen LogP contribution >= 0.6 is 0 Å². The molecule has 0 spiro atoms. The van der Waals surface area contributed by atoms with E-state index in [1.807, 2.05) is 12.1 Å². The molecule has 3 aromatic carbocycles. The molecule has 4 rings (SSSR count). The van der Waals surface area contributed by atoms with Crippen molar-refractivity contribution < 1.29 is 34.2 Å². The number of phenols is 1. The van der Waals surface area contributed by atoms with E-state index in [4.69, 9.17) is 0 Å². The summed E-state index contributed by atoms with van der Waals surface area (Å²) >= 11 is 0. The van der Waals surface area contributed by atoms with Gasteiger partial charge in [0.15, 0.2) is 0 Å². The highest BCUT2D eigenvalue weighted by atomic mass is 16.4. The van der Waals surface area contributed by atoms with E-state index in [0.29, 0.717) is 18.4 Å². The lowest BCUT2D eigenvalue weighted by atomic mass is 10.0. The topological polar surface area (TPSA) is 165 Å². The van der Waals surface area contributed by atoms with Gasteiger partial charge in [-0.15, -0.1) is 0 Å². The number of phenolic OH excluding ortho intramolecular Hbond substituents is 1. The van der Waals surface area contributed by atoms with E-state index in [2.05, 4.69) is 16.0 Å². The molecular weight excluding hydrogens is 576 g/mol. The summed E-state index contributed by atoms with van der Waals surface area (Å²) < 4.78 is 0. The zero-order valence-electron chi connectivity index (χ0n) is 25.0. The first-order valence-electron chi connectivity index (χ1n) is 14.9. The summed E-state index contributed by atoms with van der Waals surface area (Å²) in [5.74, 6) is -3.18. The molecule has 1 heterocycles. The largest absolute Gasteiger partial charge is 0.508 e. The predicted molar refractivity (Wildman–Crippen MR) is 166 cm³/mol. The molecule has 0 aromatic heterocycles. The van der Waals surface area contributed by atoms with Crippen molar-refractivity contribution in [2.24, 2.45) is 0 Å². The van der Waals surface area contributed by atoms with Gasteiger partial charge in [0, 0.05) is 32.7 Å². The third-order valence-corrected chi connectivity index (χ3v) is 7.70. The summed E-state index contributed by atoms with van der Waals surface area (Å²) in [6.07, 6.45) is 1.22. The molecule has 0 aliphatic carbocycles. The number of nitrogens with one attached hydrogen (secondary N) is 3. The Kier molecular flexibility index (Phi) is 11.3. The maximum absolute atomic E-state index is 13.7. The van der Waals surface area contributed by atoms with E-state index in [0.717, 1.165) is 11.1 Å². The number of rotatable bonds is 13. The molecule has 0 bridgehead atoms. The Hall–Kier alpha value is -5.19. The minimum Gasteiger partial charge on any atom is -0.508 e. The van der Waals surface area contributed by atoms with Gasteiger partial charge in [-0.1, -0.05) is 72.8 Å². The summed E-state index contributed by atoms with van der Waals surface area (Å²) in [4.78, 5) is 66.4. The van der Waals surface area contributed by atoms with Crippen molar-refractivity contribution in [2.45, 2.75) is 63.2 Å². The lowest BCUT2D eigenvalue weighted by Gasteiger charge is -2.30. The van der Waals surface area contributed by atoms with Gasteiger partial charge in [0.2, 0.25) is 23.6 Å². The van der Waals surface area contributed by atoms with Crippen molar-refractivity contribution in [3.05, 3.63) is 102 Å². The minimum absolute atomic E-state index is 0.0599. The lowest BCUT2D eigenvalue weighted by Crippen LogP contribution is -2.58. The van der Waals surface area contributed by atoms with Crippen molar-refractivity contribution >= 4 is 29.6 Å². The quantitative estimate of drug-likeness (QED) is 0.196. The number of nitrogens with zero attached hydrogens (tertiary/aromatic N) is 1. The van der Waals surface area contributed by atoms with Crippen LogP contribution in [0.25, 0.3) is 0 Å². The first-order chi connectivity index (χ1) is 21.6. The average molecular weight is 615 g/mol. The Balaban J connectivity index is 1.51. The number of hydrogen-bond donors (Lipinski definition) is 5. The highest BCUT2D eigenvalue weighted by Crippen LogP contribution is 2.21. The average Bonchev–Trinajstić information content (AvgIpc) is 3.52. The third kappa shape index (κ3) is 9.40. The number of likely N-dealkylation sites (tertiary alicyclic amines) is 1. The molecule has 45 heavy (non-hydrogen) atoms. The lowest BCUT2D eigenvalue weighted by molar-refractivity contribution is -0.143. The second-order valence-electron chi connectivity index (χ2n) is 11.2. The van der Waals surface area contributed by atoms with Gasteiger partial charge in [0.25, 0.3) is 0 Å². The maximum Gasteiger partial charge on any atom is 0.326 e. The van der Waals surface area contributed by atoms with Gasteiger partial charge in [0.1, 0.15) is 29.9 Å². The van der Waals surface area contributed by atoms with Crippen LogP contribution in [0.15, 0.2) is 84.9 Å². The van der Waals surface area contributed by atoms with Crippen molar-refractivity contribution in [3.8, 4) is 5.75 Å². The Morgan fingerprint density at radius 1 is 0.733 bits per heavy atom. The highest BCUT2D eigenvalue weighted by Gasteiger charge is 2.39. The second-order valence-corrected chi connectivity index (χ2v) is 11.2. The zero-order valence-corrected chi connectivity index (χ0v) is 25.0. The normalized spacial score (nSPS) is 16.2. The summed E-state index contributed by atoms with van der Waals surface area (Å²) in [6.45, 7) is 1.59. The number of aliphatic carboxylic acids is 1. The number of carbonyl (C=O) groups is 5. The van der Waals surface area contributed by atoms with Crippen molar-refractivity contribution in [1.82, 2.24) is 20.9 Å². The summed E-state index contributed by atoms with van der Waals surface area (Å²) in [6, 6.07) is 20.1. The van der Waals surface area contributed by atoms with Crippen LogP contribution in [0, 0.1) is 0 Å². The Morgan fingerprint density at radius 3 is 1.82 bits per heavy atom.